The molecule has 0 heterocycles. The minimum Gasteiger partial charge on any atom is -0.303 e. The molecule has 0 aromatic carbocycles. The van der Waals surface area contributed by atoms with E-state index < -0.39 is 7.82 Å². The van der Waals surface area contributed by atoms with Crippen LogP contribution in [-0.4, -0.2) is 42.6 Å². The summed E-state index contributed by atoms with van der Waals surface area (Å²) in [6.45, 7) is 4.61. The Morgan fingerprint density at radius 2 is 0.800 bits per heavy atom. The fourth-order valence-electron chi connectivity index (χ4n) is 4.04. The third kappa shape index (κ3) is 36.5. The van der Waals surface area contributed by atoms with Gasteiger partial charge >= 0.3 is 174 Å². The Morgan fingerprint density at radius 3 is 1.03 bits per heavy atom. The molecule has 3 N–H and O–H groups in total. The zero-order chi connectivity index (χ0) is 22.9. The van der Waals surface area contributed by atoms with Crippen molar-refractivity contribution in [3.05, 3.63) is 0 Å². The summed E-state index contributed by atoms with van der Waals surface area (Å²) < 4.78 is 10.4. The van der Waals surface area contributed by atoms with Gasteiger partial charge in [-0.15, -0.1) is 0 Å². The molecule has 0 rings (SSSR count). The van der Waals surface area contributed by atoms with E-state index in [-0.39, 0.29) is 0 Å². The van der Waals surface area contributed by atoms with Gasteiger partial charge < -0.3 is 14.7 Å². The van der Waals surface area contributed by atoms with Gasteiger partial charge in [0.2, 0.25) is 0 Å². The second-order valence-electron chi connectivity index (χ2n) is 9.02. The van der Waals surface area contributed by atoms with Gasteiger partial charge in [0.25, 0.3) is 0 Å². The van der Waals surface area contributed by atoms with Crippen molar-refractivity contribution >= 4 is 35.8 Å². The van der Waals surface area contributed by atoms with E-state index in [4.69, 9.17) is 19.2 Å². The van der Waals surface area contributed by atoms with Gasteiger partial charge in [0.05, 0.1) is 0 Å². The monoisotopic (exact) mass is 458 g/mol. The van der Waals surface area contributed by atoms with Gasteiger partial charge in [-0.05, 0) is 0 Å². The Bertz CT molecular complexity index is 355. The first-order valence-corrected chi connectivity index (χ1v) is 16.1. The van der Waals surface area contributed by atoms with E-state index >= 15 is 0 Å². The van der Waals surface area contributed by atoms with E-state index in [0.717, 1.165) is 5.92 Å². The molecule has 0 aromatic rings. The fourth-order valence-corrected chi connectivity index (χ4v) is 4.86. The molecule has 0 saturated heterocycles. The van der Waals surface area contributed by atoms with Crippen molar-refractivity contribution in [2.75, 3.05) is 0 Å². The Labute approximate surface area is 206 Å². The van der Waals surface area contributed by atoms with Gasteiger partial charge in [0.15, 0.2) is 0 Å². The van der Waals surface area contributed by atoms with Gasteiger partial charge in [0.1, 0.15) is 0 Å². The molecule has 0 aliphatic heterocycles. The molecule has 0 fully saturated rings. The maximum atomic E-state index is 8.88. The van der Waals surface area contributed by atoms with Crippen LogP contribution < -0.4 is 0 Å². The standard InChI is InChI=1S/C24H49.Na.H3O4P/c1-4-6-8-10-12-14-15-17-19-21-23-24(3)22-20-18-16-13-11-9-7-5-2;;1-5(2,3)4/h24H,3-23H2,1-2H3;;(H3,1,2,3,4). The first-order chi connectivity index (χ1) is 14.3. The average molecular weight is 459 g/mol. The van der Waals surface area contributed by atoms with Crippen molar-refractivity contribution in [1.82, 2.24) is 0 Å². The van der Waals surface area contributed by atoms with E-state index in [1.54, 1.807) is 3.67 Å². The number of rotatable bonds is 21. The molecule has 0 aliphatic carbocycles. The van der Waals surface area contributed by atoms with Crippen LogP contribution >= 0.6 is 7.82 Å². The zero-order valence-corrected chi connectivity index (χ0v) is 23.5. The first kappa shape index (κ1) is 33.3. The van der Waals surface area contributed by atoms with E-state index in [0.29, 0.717) is 0 Å². The van der Waals surface area contributed by atoms with Crippen molar-refractivity contribution in [3.8, 4) is 0 Å². The van der Waals surface area contributed by atoms with E-state index in [9.17, 15) is 0 Å². The second-order valence-corrected chi connectivity index (χ2v) is 10.9. The van der Waals surface area contributed by atoms with E-state index in [1.165, 1.54) is 156 Å². The van der Waals surface area contributed by atoms with Crippen LogP contribution in [0.1, 0.15) is 142 Å². The second kappa shape index (κ2) is 26.4. The molecule has 0 bridgehead atoms. The van der Waals surface area contributed by atoms with E-state index in [1.807, 2.05) is 0 Å². The molecule has 0 saturated carbocycles. The molecule has 0 radical (unpaired) electrons. The van der Waals surface area contributed by atoms with Crippen LogP contribution in [0.2, 0.25) is 3.67 Å². The summed E-state index contributed by atoms with van der Waals surface area (Å²) in [6, 6.07) is 0. The quantitative estimate of drug-likeness (QED) is 0.0922. The van der Waals surface area contributed by atoms with E-state index in [2.05, 4.69) is 13.8 Å². The summed E-state index contributed by atoms with van der Waals surface area (Å²) in [5.74, 6) is 1.08. The number of phosphoric acid groups is 1. The van der Waals surface area contributed by atoms with Gasteiger partial charge in [-0.2, -0.15) is 0 Å². The van der Waals surface area contributed by atoms with Gasteiger partial charge in [-0.1, -0.05) is 13.3 Å². The number of unbranched alkanes of at least 4 members (excludes halogenated alkanes) is 16. The molecule has 30 heavy (non-hydrogen) atoms. The summed E-state index contributed by atoms with van der Waals surface area (Å²) in [4.78, 5) is 21.6. The smallest absolute Gasteiger partial charge is 0.303 e. The zero-order valence-electron chi connectivity index (χ0n) is 20.6. The predicted molar refractivity (Wildman–Crippen MR) is 132 cm³/mol. The van der Waals surface area contributed by atoms with Crippen LogP contribution in [0, 0.1) is 5.92 Å². The van der Waals surface area contributed by atoms with Crippen LogP contribution in [0.25, 0.3) is 0 Å². The Kier molecular flexibility index (Phi) is 29.2. The minimum absolute atomic E-state index is 1.08. The summed E-state index contributed by atoms with van der Waals surface area (Å²) in [6.07, 6.45) is 29.6. The molecule has 1 atom stereocenters. The van der Waals surface area contributed by atoms with Crippen LogP contribution in [-0.2, 0) is 4.57 Å². The van der Waals surface area contributed by atoms with Gasteiger partial charge in [0, 0.05) is 0 Å². The van der Waals surface area contributed by atoms with Crippen molar-refractivity contribution < 1.29 is 19.2 Å². The normalized spacial score (nSPS) is 12.5. The minimum atomic E-state index is -4.64. The molecule has 0 aromatic heterocycles. The molecular weight excluding hydrogens is 406 g/mol. The third-order valence-electron chi connectivity index (χ3n) is 6.01. The summed E-state index contributed by atoms with van der Waals surface area (Å²) in [5, 5.41) is 0. The molecular formula is C24H52NaO4P. The third-order valence-corrected chi connectivity index (χ3v) is 7.16. The Morgan fingerprint density at radius 1 is 0.567 bits per heavy atom. The average Bonchev–Trinajstić information content (AvgIpc) is 2.68. The summed E-state index contributed by atoms with van der Waals surface area (Å²) in [5.41, 5.74) is 0. The van der Waals surface area contributed by atoms with Crippen LogP contribution in [0.5, 0.6) is 0 Å². The topological polar surface area (TPSA) is 77.8 Å². The maximum absolute atomic E-state index is 8.88. The van der Waals surface area contributed by atoms with Gasteiger partial charge in [-0.3, -0.25) is 0 Å². The summed E-state index contributed by atoms with van der Waals surface area (Å²) in [7, 11) is -4.64. The molecule has 0 aliphatic rings. The van der Waals surface area contributed by atoms with Crippen LogP contribution in [0.4, 0.5) is 0 Å². The molecule has 0 amide bonds. The predicted octanol–water partition coefficient (Wildman–Crippen LogP) is 8.10. The Hall–Kier alpha value is 1.11. The fraction of sp³-hybridized carbons (Fsp3) is 1.00. The van der Waals surface area contributed by atoms with Crippen molar-refractivity contribution in [1.29, 1.82) is 0 Å². The molecule has 4 nitrogen and oxygen atoms in total. The van der Waals surface area contributed by atoms with Crippen molar-refractivity contribution in [3.63, 3.8) is 0 Å². The molecule has 6 heteroatoms. The summed E-state index contributed by atoms with van der Waals surface area (Å²) >= 11 is 1.41. The SMILES string of the molecule is CCCCCCCCCCCCC([CH2][Na])CCCCCCCCCC.O=P(O)(O)O. The number of hydrogen-bond acceptors (Lipinski definition) is 1. The molecule has 0 spiro atoms. The first-order valence-electron chi connectivity index (χ1n) is 13.1. The Balaban J connectivity index is 0. The molecule has 178 valence electrons. The number of hydrogen-bond donors (Lipinski definition) is 3. The molecule has 1 unspecified atom stereocenters. The van der Waals surface area contributed by atoms with Crippen molar-refractivity contribution in [2.45, 2.75) is 146 Å². The van der Waals surface area contributed by atoms with Crippen LogP contribution in [0.15, 0.2) is 0 Å². The van der Waals surface area contributed by atoms with Crippen molar-refractivity contribution in [2.24, 2.45) is 5.92 Å². The van der Waals surface area contributed by atoms with Gasteiger partial charge in [-0.25, -0.2) is 4.57 Å². The van der Waals surface area contributed by atoms with Crippen LogP contribution in [0.3, 0.4) is 0 Å².